The molecule has 154 valence electrons. The third-order valence-electron chi connectivity index (χ3n) is 5.76. The topological polar surface area (TPSA) is 69.7 Å². The van der Waals surface area contributed by atoms with Crippen LogP contribution in [0.4, 0.5) is 11.5 Å². The van der Waals surface area contributed by atoms with Crippen molar-refractivity contribution in [3.63, 3.8) is 0 Å². The first kappa shape index (κ1) is 19.5. The molecule has 0 spiro atoms. The number of pyridine rings is 1. The standard InChI is InChI=1S/C22H29N5O2/c1-29-20-7-3-2-6-19(20)26-11-13-27(14-12-26)21-17(5-4-9-24-21)16-25-22(28)18-8-10-23-15-18/h2-7,9,18,23H,8,10-16H2,1H3,(H,25,28)/t18-/m1/s1. The van der Waals surface area contributed by atoms with Gasteiger partial charge in [0, 0.05) is 51.0 Å². The Labute approximate surface area is 172 Å². The molecule has 0 bridgehead atoms. The lowest BCUT2D eigenvalue weighted by atomic mass is 10.1. The molecule has 2 aromatic rings. The summed E-state index contributed by atoms with van der Waals surface area (Å²) in [6.45, 7) is 5.77. The largest absolute Gasteiger partial charge is 0.495 e. The summed E-state index contributed by atoms with van der Waals surface area (Å²) in [7, 11) is 1.71. The van der Waals surface area contributed by atoms with E-state index in [9.17, 15) is 4.79 Å². The van der Waals surface area contributed by atoms with Crippen LogP contribution in [0.5, 0.6) is 5.75 Å². The number of carbonyl (C=O) groups excluding carboxylic acids is 1. The molecule has 2 N–H and O–H groups in total. The molecule has 0 aliphatic carbocycles. The zero-order valence-electron chi connectivity index (χ0n) is 16.9. The van der Waals surface area contributed by atoms with Crippen molar-refractivity contribution in [2.75, 3.05) is 56.2 Å². The quantitative estimate of drug-likeness (QED) is 0.775. The first-order valence-corrected chi connectivity index (χ1v) is 10.3. The highest BCUT2D eigenvalue weighted by atomic mass is 16.5. The molecule has 0 unspecified atom stereocenters. The zero-order valence-corrected chi connectivity index (χ0v) is 16.9. The average Bonchev–Trinajstić information content (AvgIpc) is 3.33. The maximum absolute atomic E-state index is 12.4. The van der Waals surface area contributed by atoms with Crippen molar-refractivity contribution in [3.8, 4) is 5.75 Å². The van der Waals surface area contributed by atoms with Crippen LogP contribution in [0.2, 0.25) is 0 Å². The fourth-order valence-electron chi connectivity index (χ4n) is 4.11. The number of piperazine rings is 1. The summed E-state index contributed by atoms with van der Waals surface area (Å²) in [4.78, 5) is 21.7. The van der Waals surface area contributed by atoms with Crippen LogP contribution in [0.1, 0.15) is 12.0 Å². The van der Waals surface area contributed by atoms with Gasteiger partial charge in [-0.25, -0.2) is 4.98 Å². The number of hydrogen-bond acceptors (Lipinski definition) is 6. The second kappa shape index (κ2) is 9.13. The van der Waals surface area contributed by atoms with Gasteiger partial charge in [0.2, 0.25) is 5.91 Å². The molecule has 2 fully saturated rings. The predicted molar refractivity (Wildman–Crippen MR) is 114 cm³/mol. The van der Waals surface area contributed by atoms with E-state index in [0.717, 1.165) is 68.5 Å². The smallest absolute Gasteiger partial charge is 0.224 e. The number of ether oxygens (including phenoxy) is 1. The van der Waals surface area contributed by atoms with E-state index >= 15 is 0 Å². The van der Waals surface area contributed by atoms with Crippen LogP contribution in [0.3, 0.4) is 0 Å². The van der Waals surface area contributed by atoms with Crippen LogP contribution in [0.15, 0.2) is 42.6 Å². The van der Waals surface area contributed by atoms with E-state index in [4.69, 9.17) is 4.74 Å². The van der Waals surface area contributed by atoms with Crippen LogP contribution < -0.4 is 25.2 Å². The van der Waals surface area contributed by atoms with Gasteiger partial charge in [0.25, 0.3) is 0 Å². The number of benzene rings is 1. The number of anilines is 2. The first-order chi connectivity index (χ1) is 14.3. The summed E-state index contributed by atoms with van der Waals surface area (Å²) in [5.74, 6) is 2.09. The highest BCUT2D eigenvalue weighted by Gasteiger charge is 2.24. The monoisotopic (exact) mass is 395 g/mol. The summed E-state index contributed by atoms with van der Waals surface area (Å²) >= 11 is 0. The normalized spacial score (nSPS) is 19.3. The summed E-state index contributed by atoms with van der Waals surface area (Å²) in [5, 5.41) is 6.34. The molecule has 0 radical (unpaired) electrons. The molecule has 0 saturated carbocycles. The Morgan fingerprint density at radius 3 is 2.72 bits per heavy atom. The zero-order chi connectivity index (χ0) is 20.1. The Morgan fingerprint density at radius 2 is 1.97 bits per heavy atom. The van der Waals surface area contributed by atoms with E-state index in [-0.39, 0.29) is 11.8 Å². The van der Waals surface area contributed by atoms with Crippen LogP contribution in [0, 0.1) is 5.92 Å². The molecule has 7 heteroatoms. The van der Waals surface area contributed by atoms with Gasteiger partial charge in [-0.2, -0.15) is 0 Å². The second-order valence-corrected chi connectivity index (χ2v) is 7.54. The summed E-state index contributed by atoms with van der Waals surface area (Å²) in [6.07, 6.45) is 2.74. The van der Waals surface area contributed by atoms with Crippen molar-refractivity contribution in [2.45, 2.75) is 13.0 Å². The van der Waals surface area contributed by atoms with Crippen LogP contribution in [-0.2, 0) is 11.3 Å². The number of rotatable bonds is 6. The second-order valence-electron chi connectivity index (χ2n) is 7.54. The Bertz CT molecular complexity index is 829. The predicted octanol–water partition coefficient (Wildman–Crippen LogP) is 1.64. The number of para-hydroxylation sites is 2. The Hall–Kier alpha value is -2.80. The Kier molecular flexibility index (Phi) is 6.14. The van der Waals surface area contributed by atoms with Crippen molar-refractivity contribution < 1.29 is 9.53 Å². The van der Waals surface area contributed by atoms with Gasteiger partial charge in [0.05, 0.1) is 18.7 Å². The fraction of sp³-hybridized carbons (Fsp3) is 0.455. The van der Waals surface area contributed by atoms with Gasteiger partial charge in [-0.15, -0.1) is 0 Å². The lowest BCUT2D eigenvalue weighted by Crippen LogP contribution is -2.47. The SMILES string of the molecule is COc1ccccc1N1CCN(c2ncccc2CNC(=O)[C@@H]2CCNC2)CC1. The molecule has 29 heavy (non-hydrogen) atoms. The minimum absolute atomic E-state index is 0.0829. The fourth-order valence-corrected chi connectivity index (χ4v) is 4.11. The van der Waals surface area contributed by atoms with Gasteiger partial charge < -0.3 is 25.2 Å². The maximum Gasteiger partial charge on any atom is 0.224 e. The lowest BCUT2D eigenvalue weighted by molar-refractivity contribution is -0.124. The average molecular weight is 396 g/mol. The van der Waals surface area contributed by atoms with Crippen LogP contribution >= 0.6 is 0 Å². The third-order valence-corrected chi connectivity index (χ3v) is 5.76. The van der Waals surface area contributed by atoms with Gasteiger partial charge in [-0.1, -0.05) is 18.2 Å². The lowest BCUT2D eigenvalue weighted by Gasteiger charge is -2.37. The van der Waals surface area contributed by atoms with E-state index in [0.29, 0.717) is 6.54 Å². The minimum atomic E-state index is 0.0829. The van der Waals surface area contributed by atoms with E-state index < -0.39 is 0 Å². The van der Waals surface area contributed by atoms with Gasteiger partial charge in [0.15, 0.2) is 0 Å². The molecule has 1 aromatic carbocycles. The maximum atomic E-state index is 12.4. The molecule has 2 aliphatic rings. The molecule has 1 aromatic heterocycles. The van der Waals surface area contributed by atoms with E-state index in [2.05, 4.69) is 37.6 Å². The molecule has 4 rings (SSSR count). The van der Waals surface area contributed by atoms with Crippen molar-refractivity contribution >= 4 is 17.4 Å². The molecule has 1 amide bonds. The Balaban J connectivity index is 1.39. The molecule has 2 saturated heterocycles. The van der Waals surface area contributed by atoms with E-state index in [1.807, 2.05) is 30.5 Å². The van der Waals surface area contributed by atoms with Crippen molar-refractivity contribution in [1.82, 2.24) is 15.6 Å². The number of amides is 1. The molecular formula is C22H29N5O2. The summed E-state index contributed by atoms with van der Waals surface area (Å²) in [5.41, 5.74) is 2.20. The molecule has 3 heterocycles. The summed E-state index contributed by atoms with van der Waals surface area (Å²) < 4.78 is 5.51. The third kappa shape index (κ3) is 4.45. The van der Waals surface area contributed by atoms with Crippen molar-refractivity contribution in [1.29, 1.82) is 0 Å². The van der Waals surface area contributed by atoms with Crippen molar-refractivity contribution in [3.05, 3.63) is 48.2 Å². The molecule has 7 nitrogen and oxygen atoms in total. The number of nitrogens with zero attached hydrogens (tertiary/aromatic N) is 3. The van der Waals surface area contributed by atoms with Gasteiger partial charge in [-0.05, 0) is 31.2 Å². The number of nitrogens with one attached hydrogen (secondary N) is 2. The first-order valence-electron chi connectivity index (χ1n) is 10.3. The highest BCUT2D eigenvalue weighted by Crippen LogP contribution is 2.29. The summed E-state index contributed by atoms with van der Waals surface area (Å²) in [6, 6.07) is 12.1. The van der Waals surface area contributed by atoms with Crippen molar-refractivity contribution in [2.24, 2.45) is 5.92 Å². The van der Waals surface area contributed by atoms with E-state index in [1.165, 1.54) is 0 Å². The molecule has 1 atom stereocenters. The van der Waals surface area contributed by atoms with Gasteiger partial charge in [-0.3, -0.25) is 4.79 Å². The van der Waals surface area contributed by atoms with Crippen LogP contribution in [0.25, 0.3) is 0 Å². The number of aromatic nitrogens is 1. The molecule has 2 aliphatic heterocycles. The number of carbonyl (C=O) groups is 1. The highest BCUT2D eigenvalue weighted by molar-refractivity contribution is 5.79. The number of hydrogen-bond donors (Lipinski definition) is 2. The van der Waals surface area contributed by atoms with Crippen LogP contribution in [-0.4, -0.2) is 57.3 Å². The Morgan fingerprint density at radius 1 is 1.17 bits per heavy atom. The van der Waals surface area contributed by atoms with Gasteiger partial charge in [0.1, 0.15) is 11.6 Å². The number of methoxy groups -OCH3 is 1. The van der Waals surface area contributed by atoms with E-state index in [1.54, 1.807) is 7.11 Å². The minimum Gasteiger partial charge on any atom is -0.495 e. The van der Waals surface area contributed by atoms with Gasteiger partial charge >= 0.3 is 0 Å². The molecular weight excluding hydrogens is 366 g/mol.